The zero-order chi connectivity index (χ0) is 37.6. The van der Waals surface area contributed by atoms with Gasteiger partial charge in [-0.2, -0.15) is 0 Å². The van der Waals surface area contributed by atoms with E-state index in [-0.39, 0.29) is 28.0 Å². The Morgan fingerprint density at radius 3 is 1.88 bits per heavy atom. The summed E-state index contributed by atoms with van der Waals surface area (Å²) in [5.74, 6) is -0.594. The predicted molar refractivity (Wildman–Crippen MR) is 170 cm³/mol. The summed E-state index contributed by atoms with van der Waals surface area (Å²) >= 11 is 0. The standard InChI is InChI=1S/C33H40O19/c1-11-21(37)25(41)28(44)31(47-11)52-30-27(43)24(40)19(9-35)51-33(30)48-13-4-2-12(3-5-13)15-10-46-17-7-14(6-16(36)20(17)22(15)38)49-32-29(45)26(42)23(39)18(8-34)50-32/h2-7,10-11,18-19,21,23-37,39-45H,8-9H2,1H3/t11-,18-,19-,21-,23-,24-,25+,26+,27+,28-,29-,30-,31+,32-,33-/m0/s1. The van der Waals surface area contributed by atoms with E-state index in [9.17, 15) is 61.0 Å². The average Bonchev–Trinajstić information content (AvgIpc) is 3.13. The van der Waals surface area contributed by atoms with Crippen molar-refractivity contribution >= 4 is 11.0 Å². The van der Waals surface area contributed by atoms with Crippen molar-refractivity contribution in [1.82, 2.24) is 0 Å². The first-order valence-corrected chi connectivity index (χ1v) is 16.2. The van der Waals surface area contributed by atoms with Crippen LogP contribution in [-0.2, 0) is 18.9 Å². The second-order valence-corrected chi connectivity index (χ2v) is 12.7. The molecule has 0 radical (unpaired) electrons. The molecule has 3 aliphatic heterocycles. The maximum absolute atomic E-state index is 13.5. The quantitative estimate of drug-likeness (QED) is 0.101. The van der Waals surface area contributed by atoms with Crippen LogP contribution >= 0.6 is 0 Å². The van der Waals surface area contributed by atoms with E-state index in [1.807, 2.05) is 0 Å². The summed E-state index contributed by atoms with van der Waals surface area (Å²) in [6.07, 6.45) is -21.8. The first kappa shape index (κ1) is 38.2. The van der Waals surface area contributed by atoms with Crippen molar-refractivity contribution in [3.63, 3.8) is 0 Å². The number of hydrogen-bond acceptors (Lipinski definition) is 19. The van der Waals surface area contributed by atoms with Crippen LogP contribution in [0.4, 0.5) is 0 Å². The Balaban J connectivity index is 1.20. The van der Waals surface area contributed by atoms with Crippen LogP contribution in [0.25, 0.3) is 22.1 Å². The highest BCUT2D eigenvalue weighted by molar-refractivity contribution is 5.88. The number of benzene rings is 2. The van der Waals surface area contributed by atoms with Gasteiger partial charge in [-0.3, -0.25) is 4.79 Å². The van der Waals surface area contributed by atoms with Gasteiger partial charge in [0.25, 0.3) is 0 Å². The van der Waals surface area contributed by atoms with Crippen LogP contribution in [0.5, 0.6) is 17.2 Å². The molecule has 19 nitrogen and oxygen atoms in total. The molecule has 3 aromatic rings. The van der Waals surface area contributed by atoms with Gasteiger partial charge >= 0.3 is 0 Å². The maximum atomic E-state index is 13.5. The lowest BCUT2D eigenvalue weighted by Crippen LogP contribution is -2.64. The normalized spacial score (nSPS) is 38.2. The van der Waals surface area contributed by atoms with E-state index in [2.05, 4.69) is 0 Å². The largest absolute Gasteiger partial charge is 0.507 e. The third kappa shape index (κ3) is 7.21. The fourth-order valence-corrected chi connectivity index (χ4v) is 6.20. The molecule has 3 aliphatic rings. The third-order valence-electron chi connectivity index (χ3n) is 9.27. The minimum atomic E-state index is -1.75. The Kier molecular flexibility index (Phi) is 11.4. The number of fused-ring (bicyclic) bond motifs is 1. The zero-order valence-corrected chi connectivity index (χ0v) is 27.3. The van der Waals surface area contributed by atoms with Crippen molar-refractivity contribution in [3.05, 3.63) is 52.9 Å². The first-order valence-electron chi connectivity index (χ1n) is 16.2. The van der Waals surface area contributed by atoms with Crippen molar-refractivity contribution < 1.29 is 89.0 Å². The van der Waals surface area contributed by atoms with Gasteiger partial charge in [-0.25, -0.2) is 0 Å². The molecule has 0 unspecified atom stereocenters. The number of phenolic OH excluding ortho intramolecular Hbond substituents is 1. The molecular formula is C33H40O19. The molecule has 6 rings (SSSR count). The molecule has 0 saturated carbocycles. The van der Waals surface area contributed by atoms with E-state index in [1.54, 1.807) is 0 Å². The van der Waals surface area contributed by atoms with Crippen molar-refractivity contribution in [3.8, 4) is 28.4 Å². The predicted octanol–water partition coefficient (Wildman–Crippen LogP) is -3.63. The Morgan fingerprint density at radius 1 is 0.654 bits per heavy atom. The molecule has 11 N–H and O–H groups in total. The molecule has 4 heterocycles. The summed E-state index contributed by atoms with van der Waals surface area (Å²) in [6.45, 7) is 0.0329. The highest BCUT2D eigenvalue weighted by Gasteiger charge is 2.51. The van der Waals surface area contributed by atoms with Crippen LogP contribution in [0, 0.1) is 0 Å². The highest BCUT2D eigenvalue weighted by atomic mass is 16.8. The van der Waals surface area contributed by atoms with Crippen molar-refractivity contribution in [2.45, 2.75) is 99.0 Å². The molecule has 2 aromatic carbocycles. The number of aromatic hydroxyl groups is 1. The first-order chi connectivity index (χ1) is 24.7. The molecular weight excluding hydrogens is 700 g/mol. The topological polar surface area (TPSA) is 308 Å². The van der Waals surface area contributed by atoms with Crippen molar-refractivity contribution in [2.75, 3.05) is 13.2 Å². The summed E-state index contributed by atoms with van der Waals surface area (Å²) in [5, 5.41) is 112. The zero-order valence-electron chi connectivity index (χ0n) is 27.3. The van der Waals surface area contributed by atoms with Crippen LogP contribution in [-0.4, -0.2) is 162 Å². The summed E-state index contributed by atoms with van der Waals surface area (Å²) in [4.78, 5) is 13.5. The molecule has 286 valence electrons. The van der Waals surface area contributed by atoms with Gasteiger partial charge in [-0.05, 0) is 24.6 Å². The molecule has 19 heteroatoms. The number of hydrogen-bond donors (Lipinski definition) is 11. The van der Waals surface area contributed by atoms with Gasteiger partial charge in [0.05, 0.1) is 24.9 Å². The monoisotopic (exact) mass is 740 g/mol. The molecule has 3 fully saturated rings. The van der Waals surface area contributed by atoms with E-state index >= 15 is 0 Å². The number of aliphatic hydroxyl groups excluding tert-OH is 10. The second-order valence-electron chi connectivity index (χ2n) is 12.7. The van der Waals surface area contributed by atoms with Crippen molar-refractivity contribution in [1.29, 1.82) is 0 Å². The Hall–Kier alpha value is -3.51. The van der Waals surface area contributed by atoms with Crippen LogP contribution < -0.4 is 14.9 Å². The van der Waals surface area contributed by atoms with Gasteiger partial charge in [-0.1, -0.05) is 12.1 Å². The Bertz CT molecular complexity index is 1730. The molecule has 15 atom stereocenters. The summed E-state index contributed by atoms with van der Waals surface area (Å²) < 4.78 is 39.2. The van der Waals surface area contributed by atoms with Crippen LogP contribution in [0.1, 0.15) is 6.92 Å². The van der Waals surface area contributed by atoms with Crippen LogP contribution in [0.2, 0.25) is 0 Å². The van der Waals surface area contributed by atoms with E-state index in [0.717, 1.165) is 12.3 Å². The van der Waals surface area contributed by atoms with E-state index in [1.165, 1.54) is 37.3 Å². The van der Waals surface area contributed by atoms with Gasteiger partial charge in [0.1, 0.15) is 95.5 Å². The molecule has 0 aliphatic carbocycles. The second kappa shape index (κ2) is 15.5. The molecule has 3 saturated heterocycles. The van der Waals surface area contributed by atoms with Gasteiger partial charge in [0.15, 0.2) is 12.4 Å². The van der Waals surface area contributed by atoms with Gasteiger partial charge in [0, 0.05) is 12.1 Å². The molecule has 0 spiro atoms. The van der Waals surface area contributed by atoms with Crippen LogP contribution in [0.15, 0.2) is 51.9 Å². The van der Waals surface area contributed by atoms with E-state index in [0.29, 0.717) is 5.56 Å². The Morgan fingerprint density at radius 2 is 1.23 bits per heavy atom. The van der Waals surface area contributed by atoms with Gasteiger partial charge < -0.3 is 89.0 Å². The number of rotatable bonds is 9. The average molecular weight is 741 g/mol. The molecule has 1 aromatic heterocycles. The summed E-state index contributed by atoms with van der Waals surface area (Å²) in [7, 11) is 0. The lowest BCUT2D eigenvalue weighted by molar-refractivity contribution is -0.354. The molecule has 0 bridgehead atoms. The summed E-state index contributed by atoms with van der Waals surface area (Å²) in [6, 6.07) is 8.03. The fourth-order valence-electron chi connectivity index (χ4n) is 6.20. The maximum Gasteiger partial charge on any atom is 0.229 e. The molecule has 52 heavy (non-hydrogen) atoms. The van der Waals surface area contributed by atoms with E-state index in [4.69, 9.17) is 32.8 Å². The number of ether oxygens (including phenoxy) is 6. The highest BCUT2D eigenvalue weighted by Crippen LogP contribution is 2.34. The summed E-state index contributed by atoms with van der Waals surface area (Å²) in [5.41, 5.74) is -0.433. The van der Waals surface area contributed by atoms with E-state index < -0.39 is 117 Å². The van der Waals surface area contributed by atoms with Gasteiger partial charge in [0.2, 0.25) is 18.0 Å². The smallest absolute Gasteiger partial charge is 0.229 e. The number of phenols is 1. The third-order valence-corrected chi connectivity index (χ3v) is 9.27. The SMILES string of the molecule is C[C@@H]1O[C@H](O[C@@H]2[C@@H](Oc3ccc(-c4coc5cc(O[C@H]6O[C@@H](CO)[C@H](O)[C@@H](O)[C@@H]6O)cc(O)c5c4=O)cc3)O[C@@H](CO)[C@H](O)[C@H]2O)[C@@H](O)[C@H](O)[C@H]1O. The minimum absolute atomic E-state index is 0.0178. The fraction of sp³-hybridized carbons (Fsp3) is 0.545. The molecule has 0 amide bonds. The Labute approximate surface area is 293 Å². The number of aliphatic hydroxyl groups is 10. The lowest BCUT2D eigenvalue weighted by Gasteiger charge is -2.45. The van der Waals surface area contributed by atoms with Gasteiger partial charge in [-0.15, -0.1) is 0 Å². The lowest BCUT2D eigenvalue weighted by atomic mass is 9.97. The van der Waals surface area contributed by atoms with Crippen molar-refractivity contribution in [2.24, 2.45) is 0 Å². The minimum Gasteiger partial charge on any atom is -0.507 e. The van der Waals surface area contributed by atoms with Crippen LogP contribution in [0.3, 0.4) is 0 Å².